The van der Waals surface area contributed by atoms with Gasteiger partial charge in [-0.1, -0.05) is 24.3 Å². The van der Waals surface area contributed by atoms with Crippen LogP contribution in [0.15, 0.2) is 54.9 Å². The largest absolute Gasteiger partial charge is 0.490 e. The number of anilines is 2. The van der Waals surface area contributed by atoms with Gasteiger partial charge in [-0.05, 0) is 43.7 Å². The molecule has 1 fully saturated rings. The summed E-state index contributed by atoms with van der Waals surface area (Å²) < 4.78 is 45.9. The molecule has 5 rings (SSSR count). The number of halogens is 4. The molecule has 0 unspecified atom stereocenters. The Kier molecular flexibility index (Phi) is 7.86. The number of aromatic nitrogens is 2. The van der Waals surface area contributed by atoms with Crippen LogP contribution >= 0.6 is 0 Å². The number of carboxylic acid groups (broad SMARTS) is 1. The Morgan fingerprint density at radius 2 is 1.77 bits per heavy atom. The Morgan fingerprint density at radius 3 is 2.33 bits per heavy atom. The first-order valence-electron chi connectivity index (χ1n) is 12.2. The molecule has 39 heavy (non-hydrogen) atoms. The number of fused-ring (bicyclic) bond motifs is 2. The lowest BCUT2D eigenvalue weighted by Crippen LogP contribution is -2.32. The highest BCUT2D eigenvalue weighted by atomic mass is 19.4. The summed E-state index contributed by atoms with van der Waals surface area (Å²) in [4.78, 5) is 34.8. The first-order valence-corrected chi connectivity index (χ1v) is 12.2. The summed E-state index contributed by atoms with van der Waals surface area (Å²) >= 11 is 0. The zero-order valence-corrected chi connectivity index (χ0v) is 21.3. The molecule has 0 bridgehead atoms. The molecule has 0 saturated heterocycles. The molecule has 2 heterocycles. The lowest BCUT2D eigenvalue weighted by Gasteiger charge is -2.20. The first kappa shape index (κ1) is 28.0. The van der Waals surface area contributed by atoms with Gasteiger partial charge >= 0.3 is 12.1 Å². The van der Waals surface area contributed by atoms with Gasteiger partial charge in [0, 0.05) is 66.9 Å². The summed E-state index contributed by atoms with van der Waals surface area (Å²) in [5.41, 5.74) is 4.16. The van der Waals surface area contributed by atoms with E-state index < -0.39 is 12.1 Å². The molecule has 2 N–H and O–H groups in total. The average Bonchev–Trinajstić information content (AvgIpc) is 3.63. The van der Waals surface area contributed by atoms with Gasteiger partial charge in [0.25, 0.3) is 5.91 Å². The van der Waals surface area contributed by atoms with Crippen LogP contribution < -0.4 is 10.2 Å². The van der Waals surface area contributed by atoms with Gasteiger partial charge in [-0.15, -0.1) is 0 Å². The molecule has 1 spiro atoms. The fraction of sp³-hybridized carbons (Fsp3) is 0.333. The van der Waals surface area contributed by atoms with Crippen LogP contribution in [-0.4, -0.2) is 71.8 Å². The van der Waals surface area contributed by atoms with Crippen molar-refractivity contribution in [1.82, 2.24) is 20.2 Å². The maximum Gasteiger partial charge on any atom is 0.490 e. The van der Waals surface area contributed by atoms with Crippen LogP contribution in [0.1, 0.15) is 28.8 Å². The standard InChI is InChI=1S/C25H26FN5O.C2HF3O2/c1-27-11-12-30(2)23(32)17-7-8-20-22(13-17)31(16-25(20)9-10-25)24-28-14-18(15-29-24)19-5-3-4-6-21(19)26;3-2(4,5)1(6)7/h3-8,13-15,27H,9-12,16H2,1-2H3;(H,6,7). The minimum atomic E-state index is -5.08. The van der Waals surface area contributed by atoms with E-state index in [1.165, 1.54) is 11.6 Å². The quantitative estimate of drug-likeness (QED) is 0.444. The SMILES string of the molecule is CNCCN(C)C(=O)c1ccc2c(c1)N(c1ncc(-c3ccccc3F)cn1)CC21CC1.O=C(O)C(F)(F)F. The zero-order chi connectivity index (χ0) is 28.4. The van der Waals surface area contributed by atoms with Gasteiger partial charge in [0.15, 0.2) is 0 Å². The Balaban J connectivity index is 0.000000448. The fourth-order valence-corrected chi connectivity index (χ4v) is 4.46. The number of amides is 1. The van der Waals surface area contributed by atoms with Crippen LogP contribution in [0.3, 0.4) is 0 Å². The van der Waals surface area contributed by atoms with Crippen LogP contribution in [0.4, 0.5) is 29.2 Å². The Hall–Kier alpha value is -4.06. The van der Waals surface area contributed by atoms with E-state index in [9.17, 15) is 22.4 Å². The summed E-state index contributed by atoms with van der Waals surface area (Å²) in [6.07, 6.45) is 0.496. The van der Waals surface area contributed by atoms with Crippen molar-refractivity contribution in [2.24, 2.45) is 0 Å². The van der Waals surface area contributed by atoms with E-state index in [0.717, 1.165) is 31.6 Å². The normalized spacial score (nSPS) is 14.9. The minimum absolute atomic E-state index is 0.00411. The molecule has 1 aliphatic carbocycles. The van der Waals surface area contributed by atoms with Gasteiger partial charge in [0.2, 0.25) is 5.95 Å². The Labute approximate surface area is 222 Å². The second kappa shape index (κ2) is 11.0. The molecule has 206 valence electrons. The Morgan fingerprint density at radius 1 is 1.13 bits per heavy atom. The molecule has 1 saturated carbocycles. The van der Waals surface area contributed by atoms with Gasteiger partial charge in [0.1, 0.15) is 5.82 Å². The van der Waals surface area contributed by atoms with Crippen molar-refractivity contribution in [3.63, 3.8) is 0 Å². The summed E-state index contributed by atoms with van der Waals surface area (Å²) in [6.45, 7) is 2.18. The molecule has 12 heteroatoms. The third kappa shape index (κ3) is 6.00. The van der Waals surface area contributed by atoms with Gasteiger partial charge < -0.3 is 20.2 Å². The van der Waals surface area contributed by atoms with Crippen LogP contribution in [0.5, 0.6) is 0 Å². The van der Waals surface area contributed by atoms with Crippen molar-refractivity contribution in [3.05, 3.63) is 71.8 Å². The highest BCUT2D eigenvalue weighted by Gasteiger charge is 2.52. The third-order valence-corrected chi connectivity index (χ3v) is 6.77. The van der Waals surface area contributed by atoms with E-state index in [-0.39, 0.29) is 17.1 Å². The second-order valence-electron chi connectivity index (χ2n) is 9.48. The number of rotatable bonds is 6. The van der Waals surface area contributed by atoms with E-state index in [4.69, 9.17) is 9.90 Å². The maximum absolute atomic E-state index is 14.1. The summed E-state index contributed by atoms with van der Waals surface area (Å²) in [5, 5.41) is 10.2. The molecule has 0 atom stereocenters. The van der Waals surface area contributed by atoms with Crippen LogP contribution in [0.2, 0.25) is 0 Å². The molecular weight excluding hydrogens is 518 g/mol. The monoisotopic (exact) mass is 545 g/mol. The van der Waals surface area contributed by atoms with Gasteiger partial charge in [0.05, 0.1) is 0 Å². The number of hydrogen-bond acceptors (Lipinski definition) is 6. The van der Waals surface area contributed by atoms with Crippen molar-refractivity contribution in [3.8, 4) is 11.1 Å². The topological polar surface area (TPSA) is 98.7 Å². The van der Waals surface area contributed by atoms with Gasteiger partial charge in [-0.3, -0.25) is 4.79 Å². The number of hydrogen-bond donors (Lipinski definition) is 2. The zero-order valence-electron chi connectivity index (χ0n) is 21.3. The highest BCUT2D eigenvalue weighted by Crippen LogP contribution is 2.57. The number of carbonyl (C=O) groups is 2. The molecular formula is C27H27F4N5O3. The van der Waals surface area contributed by atoms with E-state index in [2.05, 4.69) is 26.3 Å². The van der Waals surface area contributed by atoms with E-state index in [0.29, 0.717) is 29.2 Å². The predicted molar refractivity (Wildman–Crippen MR) is 136 cm³/mol. The predicted octanol–water partition coefficient (Wildman–Crippen LogP) is 4.39. The molecule has 1 aliphatic heterocycles. The number of carboxylic acids is 1. The summed E-state index contributed by atoms with van der Waals surface area (Å²) in [6, 6.07) is 12.6. The van der Waals surface area contributed by atoms with Crippen LogP contribution in [0.25, 0.3) is 11.1 Å². The molecule has 1 aromatic heterocycles. The smallest absolute Gasteiger partial charge is 0.475 e. The number of carbonyl (C=O) groups excluding carboxylic acids is 1. The van der Waals surface area contributed by atoms with Crippen LogP contribution in [0, 0.1) is 5.82 Å². The van der Waals surface area contributed by atoms with Gasteiger partial charge in [-0.25, -0.2) is 19.2 Å². The number of likely N-dealkylation sites (N-methyl/N-ethyl adjacent to an activating group) is 2. The third-order valence-electron chi connectivity index (χ3n) is 6.77. The van der Waals surface area contributed by atoms with Crippen molar-refractivity contribution in [2.45, 2.75) is 24.4 Å². The van der Waals surface area contributed by atoms with Crippen molar-refractivity contribution in [1.29, 1.82) is 0 Å². The van der Waals surface area contributed by atoms with Crippen molar-refractivity contribution in [2.75, 3.05) is 38.6 Å². The molecule has 0 radical (unpaired) electrons. The van der Waals surface area contributed by atoms with E-state index in [1.54, 1.807) is 35.5 Å². The van der Waals surface area contributed by atoms with E-state index in [1.807, 2.05) is 26.2 Å². The molecule has 2 aliphatic rings. The van der Waals surface area contributed by atoms with Gasteiger partial charge in [-0.2, -0.15) is 13.2 Å². The summed E-state index contributed by atoms with van der Waals surface area (Å²) in [7, 11) is 3.69. The number of benzene rings is 2. The number of nitrogens with zero attached hydrogens (tertiary/aromatic N) is 4. The van der Waals surface area contributed by atoms with Crippen molar-refractivity contribution >= 4 is 23.5 Å². The number of aliphatic carboxylic acids is 1. The minimum Gasteiger partial charge on any atom is -0.475 e. The molecule has 8 nitrogen and oxygen atoms in total. The number of nitrogens with one attached hydrogen (secondary N) is 1. The summed E-state index contributed by atoms with van der Waals surface area (Å²) in [5.74, 6) is -2.48. The number of alkyl halides is 3. The lowest BCUT2D eigenvalue weighted by atomic mass is 9.97. The van der Waals surface area contributed by atoms with E-state index >= 15 is 0 Å². The maximum atomic E-state index is 14.1. The Bertz CT molecular complexity index is 1360. The highest BCUT2D eigenvalue weighted by molar-refractivity contribution is 5.96. The first-order chi connectivity index (χ1) is 18.5. The molecule has 3 aromatic rings. The molecule has 1 amide bonds. The second-order valence-corrected chi connectivity index (χ2v) is 9.48. The lowest BCUT2D eigenvalue weighted by molar-refractivity contribution is -0.192. The average molecular weight is 546 g/mol. The van der Waals surface area contributed by atoms with Crippen LogP contribution in [-0.2, 0) is 10.2 Å². The fourth-order valence-electron chi connectivity index (χ4n) is 4.46. The van der Waals surface area contributed by atoms with Crippen molar-refractivity contribution < 1.29 is 32.3 Å². The molecule has 2 aromatic carbocycles.